The second-order valence-electron chi connectivity index (χ2n) is 4.64. The van der Waals surface area contributed by atoms with Crippen molar-refractivity contribution in [2.75, 3.05) is 26.7 Å². The Morgan fingerprint density at radius 1 is 1.50 bits per heavy atom. The molecule has 0 spiro atoms. The van der Waals surface area contributed by atoms with Crippen molar-refractivity contribution in [1.82, 2.24) is 10.2 Å². The van der Waals surface area contributed by atoms with E-state index in [1.807, 2.05) is 12.1 Å². The third kappa shape index (κ3) is 2.82. The average molecular weight is 252 g/mol. The van der Waals surface area contributed by atoms with Gasteiger partial charge in [0.05, 0.1) is 7.11 Å². The Labute approximate surface area is 108 Å². The highest BCUT2D eigenvalue weighted by Gasteiger charge is 2.22. The molecule has 1 unspecified atom stereocenters. The molecule has 2 rings (SSSR count). The van der Waals surface area contributed by atoms with E-state index in [0.717, 1.165) is 26.1 Å². The molecule has 4 heteroatoms. The number of hydrogen-bond acceptors (Lipinski definition) is 3. The molecule has 0 radical (unpaired) electrons. The first-order valence-electron chi connectivity index (χ1n) is 6.52. The number of rotatable bonds is 5. The van der Waals surface area contributed by atoms with Crippen LogP contribution in [0.15, 0.2) is 18.2 Å². The number of nitrogens with one attached hydrogen (secondary N) is 1. The van der Waals surface area contributed by atoms with Gasteiger partial charge in [-0.25, -0.2) is 4.39 Å². The topological polar surface area (TPSA) is 24.5 Å². The summed E-state index contributed by atoms with van der Waals surface area (Å²) in [6, 6.07) is 5.85. The molecule has 0 saturated carbocycles. The molecule has 0 amide bonds. The molecule has 1 aromatic carbocycles. The van der Waals surface area contributed by atoms with Crippen LogP contribution in [0.5, 0.6) is 5.75 Å². The van der Waals surface area contributed by atoms with Gasteiger partial charge >= 0.3 is 0 Å². The van der Waals surface area contributed by atoms with Crippen molar-refractivity contribution in [3.8, 4) is 5.75 Å². The lowest BCUT2D eigenvalue weighted by molar-refractivity contribution is 0.207. The van der Waals surface area contributed by atoms with E-state index in [-0.39, 0.29) is 5.82 Å². The van der Waals surface area contributed by atoms with Crippen molar-refractivity contribution in [3.05, 3.63) is 29.6 Å². The highest BCUT2D eigenvalue weighted by atomic mass is 19.1. The summed E-state index contributed by atoms with van der Waals surface area (Å²) in [6.45, 7) is 5.76. The predicted octanol–water partition coefficient (Wildman–Crippen LogP) is 2.02. The molecular weight excluding hydrogens is 231 g/mol. The molecule has 18 heavy (non-hydrogen) atoms. The van der Waals surface area contributed by atoms with Crippen LogP contribution in [0.3, 0.4) is 0 Å². The fourth-order valence-corrected chi connectivity index (χ4v) is 2.50. The Kier molecular flexibility index (Phi) is 4.55. The minimum atomic E-state index is -0.232. The molecule has 3 nitrogen and oxygen atoms in total. The van der Waals surface area contributed by atoms with Crippen molar-refractivity contribution in [1.29, 1.82) is 0 Å². The van der Waals surface area contributed by atoms with E-state index in [4.69, 9.17) is 4.74 Å². The summed E-state index contributed by atoms with van der Waals surface area (Å²) in [5.74, 6) is 0.0949. The predicted molar refractivity (Wildman–Crippen MR) is 70.3 cm³/mol. The Bertz CT molecular complexity index is 391. The van der Waals surface area contributed by atoms with E-state index >= 15 is 0 Å². The first-order chi connectivity index (χ1) is 8.76. The van der Waals surface area contributed by atoms with E-state index < -0.39 is 0 Å². The lowest BCUT2D eigenvalue weighted by Crippen LogP contribution is -2.36. The zero-order valence-corrected chi connectivity index (χ0v) is 11.1. The fraction of sp³-hybridized carbons (Fsp3) is 0.571. The largest absolute Gasteiger partial charge is 0.494 e. The average Bonchev–Trinajstić information content (AvgIpc) is 2.91. The summed E-state index contributed by atoms with van der Waals surface area (Å²) in [5.41, 5.74) is 0.711. The zero-order chi connectivity index (χ0) is 13.0. The minimum absolute atomic E-state index is 0.232. The molecule has 0 aliphatic carbocycles. The first kappa shape index (κ1) is 13.3. The number of halogens is 1. The highest BCUT2D eigenvalue weighted by Crippen LogP contribution is 2.22. The number of likely N-dealkylation sites (N-methyl/N-ethyl adjacent to an activating group) is 1. The number of benzene rings is 1. The maximum atomic E-state index is 14.1. The van der Waals surface area contributed by atoms with Gasteiger partial charge in [-0.05, 0) is 25.6 Å². The Balaban J connectivity index is 2.11. The summed E-state index contributed by atoms with van der Waals surface area (Å²) in [6.07, 6.45) is 1.14. The quantitative estimate of drug-likeness (QED) is 0.867. The molecule has 1 aromatic rings. The molecule has 100 valence electrons. The van der Waals surface area contributed by atoms with E-state index in [1.54, 1.807) is 6.07 Å². The molecule has 1 aliphatic rings. The van der Waals surface area contributed by atoms with Gasteiger partial charge in [0.25, 0.3) is 0 Å². The van der Waals surface area contributed by atoms with Gasteiger partial charge in [0.2, 0.25) is 0 Å². The van der Waals surface area contributed by atoms with Crippen molar-refractivity contribution in [2.24, 2.45) is 0 Å². The molecule has 1 atom stereocenters. The Morgan fingerprint density at radius 3 is 2.94 bits per heavy atom. The second-order valence-corrected chi connectivity index (χ2v) is 4.64. The zero-order valence-electron chi connectivity index (χ0n) is 11.1. The van der Waals surface area contributed by atoms with Crippen molar-refractivity contribution < 1.29 is 9.13 Å². The van der Waals surface area contributed by atoms with Crippen LogP contribution in [0.2, 0.25) is 0 Å². The van der Waals surface area contributed by atoms with Gasteiger partial charge in [0.15, 0.2) is 11.6 Å². The summed E-state index contributed by atoms with van der Waals surface area (Å²) >= 11 is 0. The second kappa shape index (κ2) is 6.16. The molecule has 1 saturated heterocycles. The van der Waals surface area contributed by atoms with Gasteiger partial charge in [0, 0.05) is 24.7 Å². The molecule has 1 aliphatic heterocycles. The lowest BCUT2D eigenvalue weighted by atomic mass is 10.1. The van der Waals surface area contributed by atoms with E-state index in [2.05, 4.69) is 17.1 Å². The summed E-state index contributed by atoms with van der Waals surface area (Å²) in [7, 11) is 1.50. The number of ether oxygens (including phenoxy) is 1. The summed E-state index contributed by atoms with van der Waals surface area (Å²) in [5, 5.41) is 3.35. The highest BCUT2D eigenvalue weighted by molar-refractivity contribution is 5.31. The van der Waals surface area contributed by atoms with Gasteiger partial charge in [-0.2, -0.15) is 0 Å². The maximum absolute atomic E-state index is 14.1. The summed E-state index contributed by atoms with van der Waals surface area (Å²) < 4.78 is 19.1. The third-order valence-electron chi connectivity index (χ3n) is 3.59. The van der Waals surface area contributed by atoms with Crippen LogP contribution in [-0.2, 0) is 6.54 Å². The first-order valence-corrected chi connectivity index (χ1v) is 6.52. The molecule has 0 bridgehead atoms. The smallest absolute Gasteiger partial charge is 0.169 e. The Hall–Kier alpha value is -1.13. The molecule has 1 N–H and O–H groups in total. The normalized spacial score (nSPS) is 19.4. The lowest BCUT2D eigenvalue weighted by Gasteiger charge is -2.27. The van der Waals surface area contributed by atoms with Crippen LogP contribution in [0.25, 0.3) is 0 Å². The van der Waals surface area contributed by atoms with Crippen LogP contribution in [0.4, 0.5) is 4.39 Å². The van der Waals surface area contributed by atoms with Gasteiger partial charge in [0.1, 0.15) is 0 Å². The maximum Gasteiger partial charge on any atom is 0.169 e. The monoisotopic (exact) mass is 252 g/mol. The van der Waals surface area contributed by atoms with Gasteiger partial charge in [-0.1, -0.05) is 19.1 Å². The number of hydrogen-bond donors (Lipinski definition) is 1. The van der Waals surface area contributed by atoms with E-state index in [1.165, 1.54) is 7.11 Å². The van der Waals surface area contributed by atoms with Crippen LogP contribution >= 0.6 is 0 Å². The van der Waals surface area contributed by atoms with Crippen LogP contribution < -0.4 is 10.1 Å². The van der Waals surface area contributed by atoms with Gasteiger partial charge < -0.3 is 10.1 Å². The molecule has 1 heterocycles. The summed E-state index contributed by atoms with van der Waals surface area (Å²) in [4.78, 5) is 2.32. The SMILES string of the molecule is CCN(Cc1cccc(OC)c1F)C1CCNC1. The Morgan fingerprint density at radius 2 is 2.33 bits per heavy atom. The standard InChI is InChI=1S/C14H21FN2O/c1-3-17(12-7-8-16-9-12)10-11-5-4-6-13(18-2)14(11)15/h4-6,12,16H,3,7-10H2,1-2H3. The van der Waals surface area contributed by atoms with Crippen molar-refractivity contribution in [2.45, 2.75) is 25.9 Å². The fourth-order valence-electron chi connectivity index (χ4n) is 2.50. The number of nitrogens with zero attached hydrogens (tertiary/aromatic N) is 1. The van der Waals surface area contributed by atoms with Crippen LogP contribution in [0, 0.1) is 5.82 Å². The van der Waals surface area contributed by atoms with Crippen molar-refractivity contribution in [3.63, 3.8) is 0 Å². The third-order valence-corrected chi connectivity index (χ3v) is 3.59. The molecular formula is C14H21FN2O. The minimum Gasteiger partial charge on any atom is -0.494 e. The number of methoxy groups -OCH3 is 1. The van der Waals surface area contributed by atoms with E-state index in [0.29, 0.717) is 23.9 Å². The van der Waals surface area contributed by atoms with Crippen molar-refractivity contribution >= 4 is 0 Å². The van der Waals surface area contributed by atoms with E-state index in [9.17, 15) is 4.39 Å². The molecule has 0 aromatic heterocycles. The van der Waals surface area contributed by atoms with Gasteiger partial charge in [-0.3, -0.25) is 4.90 Å². The van der Waals surface area contributed by atoms with Crippen LogP contribution in [-0.4, -0.2) is 37.7 Å². The van der Waals surface area contributed by atoms with Gasteiger partial charge in [-0.15, -0.1) is 0 Å². The van der Waals surface area contributed by atoms with Crippen LogP contribution in [0.1, 0.15) is 18.9 Å². The molecule has 1 fully saturated rings.